The Labute approximate surface area is 109 Å². The second-order valence-electron chi connectivity index (χ2n) is 6.82. The molecule has 0 aromatic heterocycles. The van der Waals surface area contributed by atoms with Crippen LogP contribution in [0.2, 0.25) is 0 Å². The number of amides is 1. The van der Waals surface area contributed by atoms with E-state index in [0.717, 1.165) is 6.42 Å². The summed E-state index contributed by atoms with van der Waals surface area (Å²) in [5.41, 5.74) is -0.875. The molecule has 0 aromatic rings. The van der Waals surface area contributed by atoms with Crippen LogP contribution in [-0.4, -0.2) is 35.0 Å². The van der Waals surface area contributed by atoms with E-state index in [1.165, 1.54) is 0 Å². The van der Waals surface area contributed by atoms with E-state index in [1.807, 2.05) is 27.7 Å². The summed E-state index contributed by atoms with van der Waals surface area (Å²) in [6, 6.07) is 0. The second-order valence-corrected chi connectivity index (χ2v) is 6.82. The molecule has 0 aliphatic carbocycles. The number of carboxylic acids is 1. The first kappa shape index (κ1) is 15.0. The number of likely N-dealkylation sites (tertiary alicyclic amines) is 1. The Morgan fingerprint density at radius 2 is 1.89 bits per heavy atom. The molecule has 1 fully saturated rings. The minimum Gasteiger partial charge on any atom is -0.481 e. The molecule has 2 unspecified atom stereocenters. The van der Waals surface area contributed by atoms with Crippen molar-refractivity contribution < 1.29 is 14.7 Å². The molecule has 18 heavy (non-hydrogen) atoms. The molecule has 1 amide bonds. The fraction of sp³-hybridized carbons (Fsp3) is 0.857. The van der Waals surface area contributed by atoms with Gasteiger partial charge in [-0.05, 0) is 25.2 Å². The van der Waals surface area contributed by atoms with Crippen molar-refractivity contribution in [2.24, 2.45) is 16.7 Å². The highest BCUT2D eigenvalue weighted by Crippen LogP contribution is 2.33. The molecule has 0 aromatic carbocycles. The number of carboxylic acid groups (broad SMARTS) is 1. The van der Waals surface area contributed by atoms with Crippen LogP contribution in [0, 0.1) is 16.7 Å². The zero-order chi connectivity index (χ0) is 14.1. The number of nitrogens with zero attached hydrogens (tertiary/aromatic N) is 1. The lowest BCUT2D eigenvalue weighted by atomic mass is 9.78. The lowest BCUT2D eigenvalue weighted by Crippen LogP contribution is -2.51. The van der Waals surface area contributed by atoms with Gasteiger partial charge in [-0.2, -0.15) is 0 Å². The smallest absolute Gasteiger partial charge is 0.311 e. The molecule has 104 valence electrons. The van der Waals surface area contributed by atoms with Gasteiger partial charge in [-0.15, -0.1) is 0 Å². The van der Waals surface area contributed by atoms with E-state index in [1.54, 1.807) is 11.8 Å². The molecule has 0 saturated carbocycles. The van der Waals surface area contributed by atoms with Crippen molar-refractivity contribution in [3.05, 3.63) is 0 Å². The molecule has 1 rings (SSSR count). The molecule has 1 aliphatic heterocycles. The zero-order valence-corrected chi connectivity index (χ0v) is 12.1. The van der Waals surface area contributed by atoms with E-state index in [0.29, 0.717) is 19.5 Å². The van der Waals surface area contributed by atoms with Crippen molar-refractivity contribution in [2.45, 2.75) is 47.5 Å². The number of carbonyl (C=O) groups excluding carboxylic acids is 1. The van der Waals surface area contributed by atoms with E-state index in [-0.39, 0.29) is 17.2 Å². The van der Waals surface area contributed by atoms with Crippen LogP contribution in [0.25, 0.3) is 0 Å². The number of aliphatic carboxylic acids is 1. The van der Waals surface area contributed by atoms with Gasteiger partial charge < -0.3 is 10.0 Å². The lowest BCUT2D eigenvalue weighted by Gasteiger charge is -2.40. The van der Waals surface area contributed by atoms with Gasteiger partial charge in [0.25, 0.3) is 0 Å². The second kappa shape index (κ2) is 4.90. The highest BCUT2D eigenvalue weighted by Gasteiger charge is 2.41. The first-order valence-electron chi connectivity index (χ1n) is 6.60. The van der Waals surface area contributed by atoms with E-state index in [9.17, 15) is 14.7 Å². The molecule has 0 spiro atoms. The summed E-state index contributed by atoms with van der Waals surface area (Å²) in [6.07, 6.45) is 1.42. The maximum atomic E-state index is 12.4. The Morgan fingerprint density at radius 1 is 1.33 bits per heavy atom. The van der Waals surface area contributed by atoms with E-state index < -0.39 is 11.4 Å². The van der Waals surface area contributed by atoms with Crippen LogP contribution in [0.1, 0.15) is 47.5 Å². The number of hydrogen-bond acceptors (Lipinski definition) is 2. The molecule has 1 aliphatic rings. The summed E-state index contributed by atoms with van der Waals surface area (Å²) < 4.78 is 0. The van der Waals surface area contributed by atoms with Crippen LogP contribution in [0.15, 0.2) is 0 Å². The van der Waals surface area contributed by atoms with Crippen LogP contribution < -0.4 is 0 Å². The van der Waals surface area contributed by atoms with Crippen molar-refractivity contribution in [3.8, 4) is 0 Å². The molecule has 0 bridgehead atoms. The molecular formula is C14H25NO3. The summed E-state index contributed by atoms with van der Waals surface area (Å²) in [5.74, 6) is -0.813. The molecule has 1 saturated heterocycles. The van der Waals surface area contributed by atoms with Gasteiger partial charge in [-0.1, -0.05) is 27.7 Å². The van der Waals surface area contributed by atoms with Crippen LogP contribution >= 0.6 is 0 Å². The topological polar surface area (TPSA) is 57.6 Å². The van der Waals surface area contributed by atoms with Crippen molar-refractivity contribution >= 4 is 11.9 Å². The van der Waals surface area contributed by atoms with Gasteiger partial charge in [-0.25, -0.2) is 0 Å². The number of piperidine rings is 1. The Kier molecular flexibility index (Phi) is 4.08. The summed E-state index contributed by atoms with van der Waals surface area (Å²) in [5, 5.41) is 9.26. The van der Waals surface area contributed by atoms with Crippen LogP contribution in [0.5, 0.6) is 0 Å². The Hall–Kier alpha value is -1.06. The maximum absolute atomic E-state index is 12.4. The van der Waals surface area contributed by atoms with Gasteiger partial charge in [-0.3, -0.25) is 9.59 Å². The van der Waals surface area contributed by atoms with Crippen LogP contribution in [-0.2, 0) is 9.59 Å². The van der Waals surface area contributed by atoms with E-state index >= 15 is 0 Å². The highest BCUT2D eigenvalue weighted by atomic mass is 16.4. The molecule has 1 N–H and O–H groups in total. The summed E-state index contributed by atoms with van der Waals surface area (Å²) in [6.45, 7) is 10.8. The highest BCUT2D eigenvalue weighted by molar-refractivity contribution is 5.81. The molecule has 2 atom stereocenters. The molecule has 1 heterocycles. The van der Waals surface area contributed by atoms with Gasteiger partial charge >= 0.3 is 5.97 Å². The van der Waals surface area contributed by atoms with Gasteiger partial charge in [0, 0.05) is 19.0 Å². The Balaban J connectivity index is 2.79. The first-order valence-corrected chi connectivity index (χ1v) is 6.60. The average molecular weight is 255 g/mol. The quantitative estimate of drug-likeness (QED) is 0.824. The molecule has 0 radical (unpaired) electrons. The molecule has 4 heteroatoms. The fourth-order valence-corrected chi connectivity index (χ4v) is 2.25. The monoisotopic (exact) mass is 255 g/mol. The first-order chi connectivity index (χ1) is 8.08. The van der Waals surface area contributed by atoms with Gasteiger partial charge in [0.15, 0.2) is 0 Å². The summed E-state index contributed by atoms with van der Waals surface area (Å²) >= 11 is 0. The fourth-order valence-electron chi connectivity index (χ4n) is 2.25. The van der Waals surface area contributed by atoms with Crippen LogP contribution in [0.4, 0.5) is 0 Å². The van der Waals surface area contributed by atoms with Crippen molar-refractivity contribution in [1.82, 2.24) is 4.90 Å². The van der Waals surface area contributed by atoms with Gasteiger partial charge in [0.2, 0.25) is 5.91 Å². The summed E-state index contributed by atoms with van der Waals surface area (Å²) in [4.78, 5) is 25.4. The third-order valence-electron chi connectivity index (χ3n) is 4.19. The standard InChI is InChI=1S/C14H25NO3/c1-10(13(2,3)4)11(16)15-8-6-7-14(5,9-15)12(17)18/h10H,6-9H2,1-5H3,(H,17,18). The Morgan fingerprint density at radius 3 is 2.33 bits per heavy atom. The van der Waals surface area contributed by atoms with E-state index in [4.69, 9.17) is 0 Å². The lowest BCUT2D eigenvalue weighted by molar-refractivity contribution is -0.155. The minimum atomic E-state index is -0.802. The van der Waals surface area contributed by atoms with E-state index in [2.05, 4.69) is 0 Å². The third kappa shape index (κ3) is 3.03. The number of rotatable bonds is 2. The normalized spacial score (nSPS) is 26.8. The third-order valence-corrected chi connectivity index (χ3v) is 4.19. The van der Waals surface area contributed by atoms with Crippen LogP contribution in [0.3, 0.4) is 0 Å². The largest absolute Gasteiger partial charge is 0.481 e. The zero-order valence-electron chi connectivity index (χ0n) is 12.1. The molecular weight excluding hydrogens is 230 g/mol. The average Bonchev–Trinajstić information content (AvgIpc) is 2.25. The van der Waals surface area contributed by atoms with Gasteiger partial charge in [0.05, 0.1) is 5.41 Å². The predicted octanol–water partition coefficient (Wildman–Crippen LogP) is 2.38. The SMILES string of the molecule is CC(C(=O)N1CCCC(C)(C(=O)O)C1)C(C)(C)C. The van der Waals surface area contributed by atoms with Gasteiger partial charge in [0.1, 0.15) is 0 Å². The van der Waals surface area contributed by atoms with Crippen molar-refractivity contribution in [2.75, 3.05) is 13.1 Å². The van der Waals surface area contributed by atoms with Crippen molar-refractivity contribution in [3.63, 3.8) is 0 Å². The Bertz CT molecular complexity index is 345. The maximum Gasteiger partial charge on any atom is 0.311 e. The minimum absolute atomic E-state index is 0.0784. The predicted molar refractivity (Wildman–Crippen MR) is 70.2 cm³/mol. The summed E-state index contributed by atoms with van der Waals surface area (Å²) in [7, 11) is 0. The number of carbonyl (C=O) groups is 2. The molecule has 4 nitrogen and oxygen atoms in total. The number of hydrogen-bond donors (Lipinski definition) is 1. The van der Waals surface area contributed by atoms with Crippen molar-refractivity contribution in [1.29, 1.82) is 0 Å².